The van der Waals surface area contributed by atoms with Gasteiger partial charge in [-0.25, -0.2) is 14.1 Å². The number of carbonyl (C=O) groups is 1. The maximum absolute atomic E-state index is 14.2. The van der Waals surface area contributed by atoms with E-state index in [1.54, 1.807) is 56.4 Å². The minimum atomic E-state index is -1.42. The van der Waals surface area contributed by atoms with E-state index in [4.69, 9.17) is 5.73 Å². The molecule has 164 valence electrons. The summed E-state index contributed by atoms with van der Waals surface area (Å²) in [4.78, 5) is 16.0. The number of carbonyl (C=O) groups excluding carboxylic acids is 1. The molecule has 4 aromatic rings. The van der Waals surface area contributed by atoms with E-state index in [0.29, 0.717) is 28.0 Å². The number of pyridine rings is 2. The number of hydrogen-bond donors (Lipinski definition) is 2. The van der Waals surface area contributed by atoms with Crippen molar-refractivity contribution in [1.82, 2.24) is 20.0 Å². The van der Waals surface area contributed by atoms with E-state index in [1.165, 1.54) is 10.7 Å². The Kier molecular flexibility index (Phi) is 5.31. The first-order valence-corrected chi connectivity index (χ1v) is 9.83. The van der Waals surface area contributed by atoms with Gasteiger partial charge in [-0.1, -0.05) is 17.3 Å². The number of aliphatic hydroxyl groups is 1. The Morgan fingerprint density at radius 2 is 2.03 bits per heavy atom. The van der Waals surface area contributed by atoms with Crippen LogP contribution in [0.4, 0.5) is 15.0 Å². The fraction of sp³-hybridized carbons (Fsp3) is 0.227. The third kappa shape index (κ3) is 3.76. The number of benzene rings is 1. The monoisotopic (exact) mass is 436 g/mol. The van der Waals surface area contributed by atoms with E-state index in [1.807, 2.05) is 0 Å². The van der Waals surface area contributed by atoms with Crippen molar-refractivity contribution in [3.8, 4) is 11.3 Å². The number of anilines is 1. The second-order valence-electron chi connectivity index (χ2n) is 8.08. The lowest BCUT2D eigenvalue weighted by Crippen LogP contribution is -2.60. The highest BCUT2D eigenvalue weighted by Crippen LogP contribution is 2.29. The van der Waals surface area contributed by atoms with Gasteiger partial charge in [-0.05, 0) is 32.0 Å². The summed E-state index contributed by atoms with van der Waals surface area (Å²) in [5, 5.41) is 30.4. The first-order chi connectivity index (χ1) is 15.2. The van der Waals surface area contributed by atoms with Crippen LogP contribution in [0.1, 0.15) is 25.2 Å². The SMILES string of the molecule is CC(C)(CO)c1cccc(Cn2cc(-c3cc(N)nc4c(F)cccc34)nn2)[n+]1C(=O)[O-]. The van der Waals surface area contributed by atoms with Gasteiger partial charge in [0.15, 0.2) is 5.69 Å². The third-order valence-corrected chi connectivity index (χ3v) is 5.29. The number of aromatic nitrogens is 5. The van der Waals surface area contributed by atoms with Crippen LogP contribution >= 0.6 is 0 Å². The lowest BCUT2D eigenvalue weighted by atomic mass is 9.89. The number of para-hydroxylation sites is 1. The lowest BCUT2D eigenvalue weighted by molar-refractivity contribution is -0.648. The van der Waals surface area contributed by atoms with Crippen LogP contribution in [0, 0.1) is 5.82 Å². The number of fused-ring (bicyclic) bond motifs is 1. The zero-order valence-electron chi connectivity index (χ0n) is 17.5. The van der Waals surface area contributed by atoms with Crippen LogP contribution in [0.25, 0.3) is 22.2 Å². The molecule has 0 fully saturated rings. The molecule has 3 aromatic heterocycles. The molecule has 3 N–H and O–H groups in total. The van der Waals surface area contributed by atoms with Crippen molar-refractivity contribution in [3.63, 3.8) is 0 Å². The molecule has 0 saturated carbocycles. The molecular formula is C22H21FN6O3. The van der Waals surface area contributed by atoms with Crippen molar-refractivity contribution in [2.24, 2.45) is 0 Å². The van der Waals surface area contributed by atoms with Crippen molar-refractivity contribution in [1.29, 1.82) is 0 Å². The van der Waals surface area contributed by atoms with Gasteiger partial charge in [0.25, 0.3) is 0 Å². The van der Waals surface area contributed by atoms with Crippen LogP contribution in [0.15, 0.2) is 48.7 Å². The fourth-order valence-corrected chi connectivity index (χ4v) is 3.61. The first kappa shape index (κ1) is 21.3. The standard InChI is InChI=1S/C22H21FN6O3/c1-22(2,12-30)18-8-3-5-13(29(18)21(31)32)10-28-11-17(26-27-28)15-9-19(24)25-20-14(15)6-4-7-16(20)23/h3-9,11,30H,10,12H2,1-2H3,(H2-,24,25,31,32). The summed E-state index contributed by atoms with van der Waals surface area (Å²) in [6.45, 7) is 3.29. The Balaban J connectivity index is 1.76. The van der Waals surface area contributed by atoms with Crippen LogP contribution in [0.3, 0.4) is 0 Å². The zero-order valence-corrected chi connectivity index (χ0v) is 17.5. The summed E-state index contributed by atoms with van der Waals surface area (Å²) < 4.78 is 16.7. The number of nitrogens with zero attached hydrogens (tertiary/aromatic N) is 5. The molecule has 0 atom stereocenters. The molecular weight excluding hydrogens is 415 g/mol. The Morgan fingerprint density at radius 1 is 1.28 bits per heavy atom. The number of carboxylic acid groups (broad SMARTS) is 1. The van der Waals surface area contributed by atoms with Crippen molar-refractivity contribution in [3.05, 3.63) is 65.9 Å². The van der Waals surface area contributed by atoms with E-state index in [0.717, 1.165) is 4.57 Å². The Labute approximate surface area is 182 Å². The number of nitrogens with two attached hydrogens (primary N) is 1. The number of aliphatic hydroxyl groups excluding tert-OH is 1. The van der Waals surface area contributed by atoms with E-state index in [2.05, 4.69) is 15.3 Å². The summed E-state index contributed by atoms with van der Waals surface area (Å²) in [5.74, 6) is -0.359. The molecule has 0 unspecified atom stereocenters. The molecule has 3 heterocycles. The summed E-state index contributed by atoms with van der Waals surface area (Å²) in [7, 11) is 0. The summed E-state index contributed by atoms with van der Waals surface area (Å²) in [6, 6.07) is 11.1. The predicted molar refractivity (Wildman–Crippen MR) is 112 cm³/mol. The molecule has 0 amide bonds. The van der Waals surface area contributed by atoms with E-state index >= 15 is 0 Å². The maximum atomic E-state index is 14.2. The number of rotatable bonds is 5. The van der Waals surface area contributed by atoms with Crippen LogP contribution < -0.4 is 15.4 Å². The van der Waals surface area contributed by atoms with Crippen LogP contribution in [-0.2, 0) is 12.0 Å². The Morgan fingerprint density at radius 3 is 2.75 bits per heavy atom. The average molecular weight is 436 g/mol. The minimum Gasteiger partial charge on any atom is -0.490 e. The molecule has 1 aromatic carbocycles. The molecule has 0 aliphatic carbocycles. The number of nitrogen functional groups attached to an aromatic ring is 1. The van der Waals surface area contributed by atoms with Crippen molar-refractivity contribution < 1.29 is 24.0 Å². The van der Waals surface area contributed by atoms with Gasteiger partial charge in [-0.2, -0.15) is 0 Å². The van der Waals surface area contributed by atoms with Crippen molar-refractivity contribution in [2.75, 3.05) is 12.3 Å². The van der Waals surface area contributed by atoms with E-state index < -0.39 is 17.3 Å². The molecule has 0 radical (unpaired) electrons. The lowest BCUT2D eigenvalue weighted by Gasteiger charge is -2.20. The molecule has 0 aliphatic rings. The van der Waals surface area contributed by atoms with Crippen LogP contribution in [0.5, 0.6) is 0 Å². The topological polar surface area (TPSA) is 134 Å². The van der Waals surface area contributed by atoms with Gasteiger partial charge in [0, 0.05) is 23.1 Å². The fourth-order valence-electron chi connectivity index (χ4n) is 3.61. The van der Waals surface area contributed by atoms with Gasteiger partial charge in [0.05, 0.1) is 18.2 Å². The minimum absolute atomic E-state index is 0.0726. The second kappa shape index (κ2) is 7.97. The molecule has 10 heteroatoms. The quantitative estimate of drug-likeness (QED) is 0.446. The van der Waals surface area contributed by atoms with Gasteiger partial charge in [-0.15, -0.1) is 9.67 Å². The zero-order chi connectivity index (χ0) is 23.0. The highest BCUT2D eigenvalue weighted by molar-refractivity contribution is 5.95. The van der Waals surface area contributed by atoms with Crippen molar-refractivity contribution >= 4 is 22.8 Å². The number of halogens is 1. The molecule has 32 heavy (non-hydrogen) atoms. The summed E-state index contributed by atoms with van der Waals surface area (Å²) >= 11 is 0. The van der Waals surface area contributed by atoms with Crippen LogP contribution in [0.2, 0.25) is 0 Å². The third-order valence-electron chi connectivity index (χ3n) is 5.29. The molecule has 0 bridgehead atoms. The normalized spacial score (nSPS) is 11.8. The average Bonchev–Trinajstić information content (AvgIpc) is 3.22. The van der Waals surface area contributed by atoms with Gasteiger partial charge in [0.2, 0.25) is 5.69 Å². The highest BCUT2D eigenvalue weighted by atomic mass is 19.1. The van der Waals surface area contributed by atoms with Gasteiger partial charge in [0.1, 0.15) is 29.4 Å². The second-order valence-corrected chi connectivity index (χ2v) is 8.08. The van der Waals surface area contributed by atoms with Crippen LogP contribution in [-0.4, -0.2) is 37.8 Å². The van der Waals surface area contributed by atoms with Gasteiger partial charge in [-0.3, -0.25) is 0 Å². The molecule has 0 aliphatic heterocycles. The Hall–Kier alpha value is -3.92. The molecule has 9 nitrogen and oxygen atoms in total. The molecule has 4 rings (SSSR count). The summed E-state index contributed by atoms with van der Waals surface area (Å²) in [5.41, 5.74) is 6.94. The smallest absolute Gasteiger partial charge is 0.343 e. The van der Waals surface area contributed by atoms with E-state index in [9.17, 15) is 19.4 Å². The van der Waals surface area contributed by atoms with Gasteiger partial charge >= 0.3 is 6.09 Å². The summed E-state index contributed by atoms with van der Waals surface area (Å²) in [6.07, 6.45) is 0.198. The molecule has 0 spiro atoms. The predicted octanol–water partition coefficient (Wildman–Crippen LogP) is 1.01. The Bertz CT molecular complexity index is 1330. The largest absolute Gasteiger partial charge is 0.490 e. The van der Waals surface area contributed by atoms with E-state index in [-0.39, 0.29) is 24.5 Å². The first-order valence-electron chi connectivity index (χ1n) is 9.83. The maximum Gasteiger partial charge on any atom is 0.343 e. The highest BCUT2D eigenvalue weighted by Gasteiger charge is 2.32. The number of hydrogen-bond acceptors (Lipinski definition) is 7. The molecule has 0 saturated heterocycles. The van der Waals surface area contributed by atoms with Crippen molar-refractivity contribution in [2.45, 2.75) is 25.8 Å². The van der Waals surface area contributed by atoms with Gasteiger partial charge < -0.3 is 20.7 Å².